The number of halogens is 1. The third-order valence-electron chi connectivity index (χ3n) is 3.06. The summed E-state index contributed by atoms with van der Waals surface area (Å²) in [6.07, 6.45) is 2.22. The summed E-state index contributed by atoms with van der Waals surface area (Å²) in [5.41, 5.74) is 0.950. The van der Waals surface area contributed by atoms with Crippen molar-refractivity contribution in [1.29, 1.82) is 0 Å². The highest BCUT2D eigenvalue weighted by Crippen LogP contribution is 2.21. The van der Waals surface area contributed by atoms with Gasteiger partial charge in [-0.3, -0.25) is 4.79 Å². The molecule has 0 aliphatic carbocycles. The van der Waals surface area contributed by atoms with Crippen LogP contribution in [0.25, 0.3) is 5.69 Å². The number of amides is 1. The third-order valence-corrected chi connectivity index (χ3v) is 3.33. The van der Waals surface area contributed by atoms with Crippen LogP contribution in [0.15, 0.2) is 36.5 Å². The number of aromatic nitrogens is 2. The number of carbonyl (C=O) groups excluding carboxylic acids is 2. The summed E-state index contributed by atoms with van der Waals surface area (Å²) < 4.78 is 6.52. The molecule has 2 rings (SSSR count). The van der Waals surface area contributed by atoms with Gasteiger partial charge in [0.25, 0.3) is 0 Å². The molecular weight excluding hydrogens is 318 g/mol. The Morgan fingerprint density at radius 3 is 2.70 bits per heavy atom. The van der Waals surface area contributed by atoms with Gasteiger partial charge in [-0.2, -0.15) is 5.10 Å². The number of ether oxygens (including phenoxy) is 1. The number of benzene rings is 1. The van der Waals surface area contributed by atoms with Crippen molar-refractivity contribution in [3.63, 3.8) is 0 Å². The Bertz CT molecular complexity index is 670. The minimum atomic E-state index is -0.526. The molecule has 1 aromatic heterocycles. The zero-order valence-corrected chi connectivity index (χ0v) is 13.5. The van der Waals surface area contributed by atoms with Gasteiger partial charge in [-0.15, -0.1) is 11.6 Å². The summed E-state index contributed by atoms with van der Waals surface area (Å²) in [4.78, 5) is 24.1. The number of carbonyl (C=O) groups is 2. The number of nitrogens with zero attached hydrogens (tertiary/aromatic N) is 2. The fourth-order valence-corrected chi connectivity index (χ4v) is 2.15. The van der Waals surface area contributed by atoms with Crippen LogP contribution >= 0.6 is 11.6 Å². The van der Waals surface area contributed by atoms with Crippen molar-refractivity contribution >= 4 is 29.3 Å². The second kappa shape index (κ2) is 8.33. The number of alkyl halides is 1. The normalized spacial score (nSPS) is 10.3. The van der Waals surface area contributed by atoms with Gasteiger partial charge >= 0.3 is 5.97 Å². The van der Waals surface area contributed by atoms with Crippen LogP contribution in [0.5, 0.6) is 0 Å². The first kappa shape index (κ1) is 17.0. The van der Waals surface area contributed by atoms with Crippen molar-refractivity contribution in [3.05, 3.63) is 42.1 Å². The molecule has 0 saturated carbocycles. The van der Waals surface area contributed by atoms with E-state index in [1.807, 2.05) is 30.3 Å². The average molecular weight is 336 g/mol. The van der Waals surface area contributed by atoms with Gasteiger partial charge in [0.2, 0.25) is 5.91 Å². The molecule has 23 heavy (non-hydrogen) atoms. The van der Waals surface area contributed by atoms with E-state index in [0.29, 0.717) is 18.1 Å². The molecule has 122 valence electrons. The molecule has 0 fully saturated rings. The van der Waals surface area contributed by atoms with E-state index in [4.69, 9.17) is 16.3 Å². The van der Waals surface area contributed by atoms with Gasteiger partial charge in [-0.25, -0.2) is 9.48 Å². The number of anilines is 1. The van der Waals surface area contributed by atoms with Crippen LogP contribution in [0.2, 0.25) is 0 Å². The topological polar surface area (TPSA) is 73.2 Å². The predicted molar refractivity (Wildman–Crippen MR) is 88.1 cm³/mol. The second-order valence-corrected chi connectivity index (χ2v) is 5.09. The molecule has 1 amide bonds. The molecule has 1 N–H and O–H groups in total. The molecule has 0 bridgehead atoms. The van der Waals surface area contributed by atoms with Crippen LogP contribution in [0.3, 0.4) is 0 Å². The molecule has 7 heteroatoms. The van der Waals surface area contributed by atoms with Crippen molar-refractivity contribution in [3.8, 4) is 5.69 Å². The summed E-state index contributed by atoms with van der Waals surface area (Å²) in [6.45, 7) is 1.97. The van der Waals surface area contributed by atoms with Crippen LogP contribution in [-0.4, -0.2) is 34.1 Å². The van der Waals surface area contributed by atoms with Gasteiger partial charge in [-0.1, -0.05) is 18.2 Å². The number of para-hydroxylation sites is 1. The first-order valence-corrected chi connectivity index (χ1v) is 7.87. The molecule has 0 spiro atoms. The molecule has 0 unspecified atom stereocenters. The highest BCUT2D eigenvalue weighted by atomic mass is 35.5. The fourth-order valence-electron chi connectivity index (χ4n) is 2.01. The van der Waals surface area contributed by atoms with Crippen molar-refractivity contribution in [2.24, 2.45) is 0 Å². The summed E-state index contributed by atoms with van der Waals surface area (Å²) in [5, 5.41) is 6.93. The van der Waals surface area contributed by atoms with Gasteiger partial charge in [0, 0.05) is 12.3 Å². The monoisotopic (exact) mass is 335 g/mol. The van der Waals surface area contributed by atoms with E-state index in [2.05, 4.69) is 10.4 Å². The van der Waals surface area contributed by atoms with Crippen molar-refractivity contribution in [1.82, 2.24) is 9.78 Å². The molecule has 1 aromatic carbocycles. The lowest BCUT2D eigenvalue weighted by atomic mass is 10.2. The van der Waals surface area contributed by atoms with Gasteiger partial charge in [-0.05, 0) is 25.5 Å². The van der Waals surface area contributed by atoms with Gasteiger partial charge in [0.05, 0.1) is 18.5 Å². The number of hydrogen-bond acceptors (Lipinski definition) is 4. The van der Waals surface area contributed by atoms with Crippen LogP contribution in [0, 0.1) is 0 Å². The molecule has 0 atom stereocenters. The van der Waals surface area contributed by atoms with E-state index in [1.165, 1.54) is 10.9 Å². The standard InChI is InChI=1S/C16H18ClN3O3/c1-2-23-16(22)13-11-18-20(12-7-4-3-5-8-12)15(13)19-14(21)9-6-10-17/h3-5,7-8,11H,2,6,9-10H2,1H3,(H,19,21). The number of esters is 1. The Kier molecular flexibility index (Phi) is 6.17. The summed E-state index contributed by atoms with van der Waals surface area (Å²) in [6, 6.07) is 9.23. The minimum Gasteiger partial charge on any atom is -0.462 e. The van der Waals surface area contributed by atoms with Crippen molar-refractivity contribution in [2.45, 2.75) is 19.8 Å². The zero-order valence-electron chi connectivity index (χ0n) is 12.8. The Hall–Kier alpha value is -2.34. The Morgan fingerprint density at radius 1 is 1.30 bits per heavy atom. The van der Waals surface area contributed by atoms with Crippen molar-refractivity contribution in [2.75, 3.05) is 17.8 Å². The van der Waals surface area contributed by atoms with E-state index in [1.54, 1.807) is 6.92 Å². The van der Waals surface area contributed by atoms with Gasteiger partial charge < -0.3 is 10.1 Å². The summed E-state index contributed by atoms with van der Waals surface area (Å²) in [5.74, 6) is -0.0544. The Labute approximate surface area is 139 Å². The number of rotatable bonds is 7. The maximum atomic E-state index is 12.1. The van der Waals surface area contributed by atoms with E-state index < -0.39 is 5.97 Å². The molecule has 1 heterocycles. The van der Waals surface area contributed by atoms with E-state index in [-0.39, 0.29) is 24.5 Å². The molecule has 0 radical (unpaired) electrons. The van der Waals surface area contributed by atoms with Gasteiger partial charge in [0.15, 0.2) is 5.82 Å². The first-order valence-electron chi connectivity index (χ1n) is 7.33. The fraction of sp³-hybridized carbons (Fsp3) is 0.312. The molecule has 0 saturated heterocycles. The predicted octanol–water partition coefficient (Wildman–Crippen LogP) is 3.01. The first-order chi connectivity index (χ1) is 11.2. The van der Waals surface area contributed by atoms with Crippen LogP contribution in [0.1, 0.15) is 30.1 Å². The van der Waals surface area contributed by atoms with Crippen LogP contribution in [0.4, 0.5) is 5.82 Å². The molecule has 2 aromatic rings. The summed E-state index contributed by atoms with van der Waals surface area (Å²) in [7, 11) is 0. The number of nitrogens with one attached hydrogen (secondary N) is 1. The third kappa shape index (κ3) is 4.32. The summed E-state index contributed by atoms with van der Waals surface area (Å²) >= 11 is 5.61. The molecule has 6 nitrogen and oxygen atoms in total. The molecular formula is C16H18ClN3O3. The molecule has 0 aliphatic heterocycles. The maximum Gasteiger partial charge on any atom is 0.343 e. The highest BCUT2D eigenvalue weighted by Gasteiger charge is 2.21. The lowest BCUT2D eigenvalue weighted by Crippen LogP contribution is -2.17. The smallest absolute Gasteiger partial charge is 0.343 e. The average Bonchev–Trinajstić information content (AvgIpc) is 2.97. The number of hydrogen-bond donors (Lipinski definition) is 1. The molecule has 0 aliphatic rings. The minimum absolute atomic E-state index is 0.218. The SMILES string of the molecule is CCOC(=O)c1cnn(-c2ccccc2)c1NC(=O)CCCCl. The Balaban J connectivity index is 2.35. The lowest BCUT2D eigenvalue weighted by molar-refractivity contribution is -0.116. The van der Waals surface area contributed by atoms with E-state index >= 15 is 0 Å². The van der Waals surface area contributed by atoms with Crippen LogP contribution in [-0.2, 0) is 9.53 Å². The zero-order chi connectivity index (χ0) is 16.7. The quantitative estimate of drug-likeness (QED) is 0.623. The van der Waals surface area contributed by atoms with E-state index in [9.17, 15) is 9.59 Å². The maximum absolute atomic E-state index is 12.1. The Morgan fingerprint density at radius 2 is 2.04 bits per heavy atom. The van der Waals surface area contributed by atoms with Crippen LogP contribution < -0.4 is 5.32 Å². The highest BCUT2D eigenvalue weighted by molar-refractivity contribution is 6.18. The van der Waals surface area contributed by atoms with Crippen molar-refractivity contribution < 1.29 is 14.3 Å². The van der Waals surface area contributed by atoms with Gasteiger partial charge in [0.1, 0.15) is 5.56 Å². The lowest BCUT2D eigenvalue weighted by Gasteiger charge is -2.10. The largest absolute Gasteiger partial charge is 0.462 e. The second-order valence-electron chi connectivity index (χ2n) is 4.72. The van der Waals surface area contributed by atoms with E-state index in [0.717, 1.165) is 5.69 Å².